The molecule has 0 saturated carbocycles. The molecule has 0 bridgehead atoms. The second-order valence-electron chi connectivity index (χ2n) is 7.30. The van der Waals surface area contributed by atoms with E-state index in [1.807, 2.05) is 18.2 Å². The van der Waals surface area contributed by atoms with Gasteiger partial charge in [-0.15, -0.1) is 0 Å². The van der Waals surface area contributed by atoms with Crippen molar-refractivity contribution in [3.63, 3.8) is 0 Å². The van der Waals surface area contributed by atoms with E-state index in [2.05, 4.69) is 12.2 Å². The van der Waals surface area contributed by atoms with Crippen LogP contribution in [0.15, 0.2) is 18.2 Å². The average molecular weight is 344 g/mol. The Morgan fingerprint density at radius 3 is 1.92 bits per heavy atom. The lowest BCUT2D eigenvalue weighted by Gasteiger charge is -2.05. The Morgan fingerprint density at radius 1 is 0.760 bits per heavy atom. The maximum atomic E-state index is 11.7. The molecule has 1 aromatic rings. The summed E-state index contributed by atoms with van der Waals surface area (Å²) in [5.74, 6) is -0.899. The number of carbonyl (C=O) groups is 2. The highest BCUT2D eigenvalue weighted by molar-refractivity contribution is 6.51. The van der Waals surface area contributed by atoms with E-state index in [1.54, 1.807) is 0 Å². The lowest BCUT2D eigenvalue weighted by Crippen LogP contribution is -2.12. The van der Waals surface area contributed by atoms with Gasteiger partial charge in [-0.05, 0) is 30.5 Å². The minimum Gasteiger partial charge on any atom is -0.318 e. The molecule has 138 valence electrons. The smallest absolute Gasteiger partial charge is 0.296 e. The molecular weight excluding hydrogens is 310 g/mol. The molecule has 1 N–H and O–H groups in total. The molecular formula is C22H33NO2. The van der Waals surface area contributed by atoms with Crippen molar-refractivity contribution in [3.05, 3.63) is 29.3 Å². The molecule has 1 aliphatic heterocycles. The summed E-state index contributed by atoms with van der Waals surface area (Å²) >= 11 is 0. The van der Waals surface area contributed by atoms with Gasteiger partial charge in [-0.1, -0.05) is 83.6 Å². The highest BCUT2D eigenvalue weighted by Crippen LogP contribution is 2.24. The van der Waals surface area contributed by atoms with Gasteiger partial charge >= 0.3 is 0 Å². The third kappa shape index (κ3) is 6.64. The van der Waals surface area contributed by atoms with Crippen LogP contribution in [0.4, 0.5) is 5.69 Å². The van der Waals surface area contributed by atoms with Gasteiger partial charge in [0.1, 0.15) is 0 Å². The highest BCUT2D eigenvalue weighted by atomic mass is 16.2. The molecule has 1 amide bonds. The van der Waals surface area contributed by atoms with Gasteiger partial charge in [0.25, 0.3) is 11.7 Å². The molecule has 25 heavy (non-hydrogen) atoms. The Balaban J connectivity index is 1.49. The summed E-state index contributed by atoms with van der Waals surface area (Å²) in [4.78, 5) is 23.1. The first-order valence-corrected chi connectivity index (χ1v) is 10.2. The first-order chi connectivity index (χ1) is 12.2. The number of carbonyl (C=O) groups excluding carboxylic acids is 2. The average Bonchev–Trinajstić information content (AvgIpc) is 2.90. The van der Waals surface area contributed by atoms with Gasteiger partial charge in [0, 0.05) is 0 Å². The maximum Gasteiger partial charge on any atom is 0.296 e. The number of Topliss-reactive ketones (excluding diaryl/α,β-unsaturated/α-hetero) is 1. The number of fused-ring (bicyclic) bond motifs is 1. The van der Waals surface area contributed by atoms with Crippen molar-refractivity contribution in [2.24, 2.45) is 0 Å². The van der Waals surface area contributed by atoms with Gasteiger partial charge in [-0.3, -0.25) is 9.59 Å². The summed E-state index contributed by atoms with van der Waals surface area (Å²) in [6.45, 7) is 2.27. The molecule has 0 spiro atoms. The normalized spacial score (nSPS) is 13.2. The molecule has 0 aliphatic carbocycles. The number of hydrogen-bond donors (Lipinski definition) is 1. The number of rotatable bonds is 13. The van der Waals surface area contributed by atoms with Crippen LogP contribution in [0.25, 0.3) is 0 Å². The summed E-state index contributed by atoms with van der Waals surface area (Å²) in [5.41, 5.74) is 2.37. The van der Waals surface area contributed by atoms with E-state index in [0.29, 0.717) is 11.3 Å². The van der Waals surface area contributed by atoms with Crippen LogP contribution in [0.2, 0.25) is 0 Å². The first-order valence-electron chi connectivity index (χ1n) is 10.2. The zero-order valence-electron chi connectivity index (χ0n) is 15.7. The molecule has 0 atom stereocenters. The van der Waals surface area contributed by atoms with Gasteiger partial charge in [0.05, 0.1) is 11.3 Å². The predicted octanol–water partition coefficient (Wildman–Crippen LogP) is 6.07. The van der Waals surface area contributed by atoms with Crippen LogP contribution < -0.4 is 5.32 Å². The third-order valence-corrected chi connectivity index (χ3v) is 5.10. The van der Waals surface area contributed by atoms with Crippen molar-refractivity contribution in [1.29, 1.82) is 0 Å². The SMILES string of the molecule is CCCCCCCCCCCCCCc1ccc2c(c1)C(=O)C(=O)N2. The number of unbranched alkanes of at least 4 members (excludes halogenated alkanes) is 11. The highest BCUT2D eigenvalue weighted by Gasteiger charge is 2.27. The second kappa shape index (κ2) is 11.1. The summed E-state index contributed by atoms with van der Waals surface area (Å²) in [6.07, 6.45) is 17.2. The van der Waals surface area contributed by atoms with Crippen LogP contribution in [-0.2, 0) is 11.2 Å². The number of hydrogen-bond acceptors (Lipinski definition) is 2. The van der Waals surface area contributed by atoms with Gasteiger partial charge in [-0.2, -0.15) is 0 Å². The molecule has 1 aliphatic rings. The summed E-state index contributed by atoms with van der Waals surface area (Å²) in [5, 5.41) is 2.60. The topological polar surface area (TPSA) is 46.2 Å². The van der Waals surface area contributed by atoms with Gasteiger partial charge < -0.3 is 5.32 Å². The molecule has 0 fully saturated rings. The Bertz CT molecular complexity index is 565. The van der Waals surface area contributed by atoms with Crippen molar-refractivity contribution >= 4 is 17.4 Å². The van der Waals surface area contributed by atoms with E-state index < -0.39 is 11.7 Å². The minimum atomic E-state index is -0.502. The van der Waals surface area contributed by atoms with Gasteiger partial charge in [0.15, 0.2) is 0 Å². The van der Waals surface area contributed by atoms with Crippen molar-refractivity contribution < 1.29 is 9.59 Å². The molecule has 2 rings (SSSR count). The summed E-state index contributed by atoms with van der Waals surface area (Å²) < 4.78 is 0. The lowest BCUT2D eigenvalue weighted by atomic mass is 10.0. The van der Waals surface area contributed by atoms with E-state index in [1.165, 1.54) is 70.6 Å². The number of nitrogens with one attached hydrogen (secondary N) is 1. The second-order valence-corrected chi connectivity index (χ2v) is 7.30. The molecule has 1 aromatic carbocycles. The Labute approximate surface area is 152 Å². The van der Waals surface area contributed by atoms with Crippen molar-refractivity contribution in [3.8, 4) is 0 Å². The van der Waals surface area contributed by atoms with Crippen LogP contribution in [0.5, 0.6) is 0 Å². The molecule has 0 saturated heterocycles. The van der Waals surface area contributed by atoms with Gasteiger partial charge in [-0.25, -0.2) is 0 Å². The fourth-order valence-corrected chi connectivity index (χ4v) is 3.52. The molecule has 0 aromatic heterocycles. The summed E-state index contributed by atoms with van der Waals surface area (Å²) in [6, 6.07) is 5.76. The summed E-state index contributed by atoms with van der Waals surface area (Å²) in [7, 11) is 0. The molecule has 0 radical (unpaired) electrons. The van der Waals surface area contributed by atoms with Gasteiger partial charge in [0.2, 0.25) is 0 Å². The van der Waals surface area contributed by atoms with Crippen molar-refractivity contribution in [1.82, 2.24) is 0 Å². The molecule has 3 heteroatoms. The number of amides is 1. The number of ketones is 1. The monoisotopic (exact) mass is 343 g/mol. The maximum absolute atomic E-state index is 11.7. The minimum absolute atomic E-state index is 0.397. The fraction of sp³-hybridized carbons (Fsp3) is 0.636. The largest absolute Gasteiger partial charge is 0.318 e. The zero-order valence-corrected chi connectivity index (χ0v) is 15.7. The van der Waals surface area contributed by atoms with E-state index in [4.69, 9.17) is 0 Å². The predicted molar refractivity (Wildman–Crippen MR) is 104 cm³/mol. The third-order valence-electron chi connectivity index (χ3n) is 5.10. The zero-order chi connectivity index (χ0) is 17.9. The van der Waals surface area contributed by atoms with E-state index >= 15 is 0 Å². The van der Waals surface area contributed by atoms with Crippen LogP contribution in [0.1, 0.15) is 99.9 Å². The quantitative estimate of drug-likeness (QED) is 0.349. The standard InChI is InChI=1S/C22H33NO2/c1-2-3-4-5-6-7-8-9-10-11-12-13-14-18-15-16-20-19(17-18)21(24)22(25)23-20/h15-17H,2-14H2,1H3,(H,23,24,25). The Hall–Kier alpha value is -1.64. The fourth-order valence-electron chi connectivity index (χ4n) is 3.52. The first kappa shape index (κ1) is 19.7. The van der Waals surface area contributed by atoms with Crippen LogP contribution in [0, 0.1) is 0 Å². The van der Waals surface area contributed by atoms with Crippen LogP contribution >= 0.6 is 0 Å². The number of anilines is 1. The van der Waals surface area contributed by atoms with Crippen LogP contribution in [0.3, 0.4) is 0 Å². The van der Waals surface area contributed by atoms with Crippen LogP contribution in [-0.4, -0.2) is 11.7 Å². The molecule has 3 nitrogen and oxygen atoms in total. The Morgan fingerprint density at radius 2 is 1.32 bits per heavy atom. The van der Waals surface area contributed by atoms with E-state index in [0.717, 1.165) is 18.4 Å². The van der Waals surface area contributed by atoms with Crippen molar-refractivity contribution in [2.45, 2.75) is 90.4 Å². The molecule has 0 unspecified atom stereocenters. The van der Waals surface area contributed by atoms with E-state index in [9.17, 15) is 9.59 Å². The lowest BCUT2D eigenvalue weighted by molar-refractivity contribution is -0.112. The van der Waals surface area contributed by atoms with Crippen molar-refractivity contribution in [2.75, 3.05) is 5.32 Å². The number of aryl methyl sites for hydroxylation is 1. The molecule has 1 heterocycles. The number of benzene rings is 1. The Kier molecular flexibility index (Phi) is 8.71. The van der Waals surface area contributed by atoms with E-state index in [-0.39, 0.29) is 0 Å².